The number of ether oxygens (including phenoxy) is 1. The van der Waals surface area contributed by atoms with Crippen LogP contribution in [0.15, 0.2) is 36.7 Å². The number of nitrogens with zero attached hydrogens (tertiary/aromatic N) is 3. The van der Waals surface area contributed by atoms with Crippen LogP contribution in [0.25, 0.3) is 16.7 Å². The van der Waals surface area contributed by atoms with E-state index in [-0.39, 0.29) is 11.8 Å². The average Bonchev–Trinajstić information content (AvgIpc) is 2.99. The minimum atomic E-state index is -0.591. The molecule has 0 aliphatic heterocycles. The minimum Gasteiger partial charge on any atom is -0.447 e. The van der Waals surface area contributed by atoms with Gasteiger partial charge in [0, 0.05) is 17.3 Å². The van der Waals surface area contributed by atoms with Crippen LogP contribution in [0.3, 0.4) is 0 Å². The first-order chi connectivity index (χ1) is 12.5. The van der Waals surface area contributed by atoms with Gasteiger partial charge in [-0.1, -0.05) is 0 Å². The van der Waals surface area contributed by atoms with E-state index in [1.807, 2.05) is 0 Å². The second-order valence-corrected chi connectivity index (χ2v) is 5.72. The largest absolute Gasteiger partial charge is 0.447 e. The maximum Gasteiger partial charge on any atom is 0.411 e. The van der Waals surface area contributed by atoms with Crippen molar-refractivity contribution >= 4 is 34.9 Å². The molecule has 0 saturated heterocycles. The molecule has 2 heterocycles. The molecule has 2 N–H and O–H groups in total. The van der Waals surface area contributed by atoms with Gasteiger partial charge in [0.05, 0.1) is 18.0 Å². The molecular formula is C17H16FN5O3. The topological polar surface area (TPSA) is 98.1 Å². The summed E-state index contributed by atoms with van der Waals surface area (Å²) in [5.74, 6) is -0.506. The molecule has 134 valence electrons. The van der Waals surface area contributed by atoms with E-state index in [0.29, 0.717) is 28.8 Å². The van der Waals surface area contributed by atoms with Crippen molar-refractivity contribution in [1.82, 2.24) is 14.8 Å². The predicted molar refractivity (Wildman–Crippen MR) is 93.7 cm³/mol. The fourth-order valence-corrected chi connectivity index (χ4v) is 2.32. The first-order valence-electron chi connectivity index (χ1n) is 7.79. The summed E-state index contributed by atoms with van der Waals surface area (Å²) in [6.07, 6.45) is 2.68. The Kier molecular flexibility index (Phi) is 4.78. The Bertz CT molecular complexity index is 970. The van der Waals surface area contributed by atoms with Crippen LogP contribution < -0.4 is 10.6 Å². The molecule has 0 aliphatic carbocycles. The highest BCUT2D eigenvalue weighted by Gasteiger charge is 2.11. The molecule has 3 aromatic rings. The molecule has 3 rings (SSSR count). The van der Waals surface area contributed by atoms with Gasteiger partial charge in [-0.15, -0.1) is 5.10 Å². The Balaban J connectivity index is 1.91. The van der Waals surface area contributed by atoms with Gasteiger partial charge < -0.3 is 10.1 Å². The van der Waals surface area contributed by atoms with Crippen LogP contribution in [0.4, 0.5) is 20.6 Å². The number of hydrogen-bond donors (Lipinski definition) is 2. The van der Waals surface area contributed by atoms with Gasteiger partial charge in [0.25, 0.3) is 0 Å². The van der Waals surface area contributed by atoms with Crippen LogP contribution in [0.5, 0.6) is 0 Å². The SMILES string of the molecule is CC(C)OC(=O)Nc1cnc2nn(-c3cc(NC=O)ccc3F)cc2c1. The number of carbonyl (C=O) groups excluding carboxylic acids is 2. The van der Waals surface area contributed by atoms with Crippen molar-refractivity contribution in [3.8, 4) is 5.69 Å². The van der Waals surface area contributed by atoms with Crippen molar-refractivity contribution in [2.24, 2.45) is 0 Å². The number of aromatic nitrogens is 3. The quantitative estimate of drug-likeness (QED) is 0.684. The minimum absolute atomic E-state index is 0.156. The first-order valence-corrected chi connectivity index (χ1v) is 7.79. The number of anilines is 2. The number of carbonyl (C=O) groups is 2. The molecule has 0 saturated carbocycles. The number of amides is 2. The molecule has 9 heteroatoms. The van der Waals surface area contributed by atoms with Crippen molar-refractivity contribution in [3.63, 3.8) is 0 Å². The van der Waals surface area contributed by atoms with Gasteiger partial charge in [-0.25, -0.2) is 18.9 Å². The molecule has 0 radical (unpaired) electrons. The van der Waals surface area contributed by atoms with Crippen LogP contribution in [-0.4, -0.2) is 33.4 Å². The lowest BCUT2D eigenvalue weighted by Gasteiger charge is -2.08. The fraction of sp³-hybridized carbons (Fsp3) is 0.176. The second-order valence-electron chi connectivity index (χ2n) is 5.72. The number of nitrogens with one attached hydrogen (secondary N) is 2. The molecule has 1 aromatic carbocycles. The molecule has 8 nitrogen and oxygen atoms in total. The van der Waals surface area contributed by atoms with E-state index in [2.05, 4.69) is 20.7 Å². The summed E-state index contributed by atoms with van der Waals surface area (Å²) in [5, 5.41) is 9.84. The number of benzene rings is 1. The van der Waals surface area contributed by atoms with E-state index < -0.39 is 11.9 Å². The lowest BCUT2D eigenvalue weighted by molar-refractivity contribution is -0.105. The molecule has 0 atom stereocenters. The average molecular weight is 357 g/mol. The molecule has 26 heavy (non-hydrogen) atoms. The van der Waals surface area contributed by atoms with Crippen LogP contribution in [-0.2, 0) is 9.53 Å². The van der Waals surface area contributed by atoms with E-state index in [0.717, 1.165) is 0 Å². The lowest BCUT2D eigenvalue weighted by Crippen LogP contribution is -2.17. The molecular weight excluding hydrogens is 341 g/mol. The van der Waals surface area contributed by atoms with E-state index in [4.69, 9.17) is 4.74 Å². The van der Waals surface area contributed by atoms with Gasteiger partial charge in [-0.3, -0.25) is 10.1 Å². The zero-order chi connectivity index (χ0) is 18.7. The van der Waals surface area contributed by atoms with Gasteiger partial charge in [-0.2, -0.15) is 0 Å². The lowest BCUT2D eigenvalue weighted by atomic mass is 10.2. The normalized spacial score (nSPS) is 10.8. The number of pyridine rings is 1. The third-order valence-electron chi connectivity index (χ3n) is 3.37. The molecule has 0 aliphatic rings. The highest BCUT2D eigenvalue weighted by Crippen LogP contribution is 2.22. The summed E-state index contributed by atoms with van der Waals surface area (Å²) in [6, 6.07) is 5.78. The monoisotopic (exact) mass is 357 g/mol. The van der Waals surface area contributed by atoms with Gasteiger partial charge in [0.2, 0.25) is 6.41 Å². The van der Waals surface area contributed by atoms with Crippen molar-refractivity contribution < 1.29 is 18.7 Å². The van der Waals surface area contributed by atoms with Crippen LogP contribution in [0.2, 0.25) is 0 Å². The standard InChI is InChI=1S/C17H16FN5O3/c1-10(2)26-17(25)21-13-5-11-8-23(22-16(11)19-7-13)15-6-12(20-9-24)3-4-14(15)18/h3-10H,1-2H3,(H,20,24)(H,21,25). The Labute approximate surface area is 148 Å². The number of hydrogen-bond acceptors (Lipinski definition) is 5. The van der Waals surface area contributed by atoms with Crippen molar-refractivity contribution in [2.75, 3.05) is 10.6 Å². The van der Waals surface area contributed by atoms with E-state index >= 15 is 0 Å². The molecule has 0 bridgehead atoms. The zero-order valence-corrected chi connectivity index (χ0v) is 14.1. The number of halogens is 1. The van der Waals surface area contributed by atoms with Gasteiger partial charge in [-0.05, 0) is 38.1 Å². The smallest absolute Gasteiger partial charge is 0.411 e. The zero-order valence-electron chi connectivity index (χ0n) is 14.1. The maximum atomic E-state index is 14.1. The number of rotatable bonds is 5. The third kappa shape index (κ3) is 3.77. The molecule has 2 aromatic heterocycles. The van der Waals surface area contributed by atoms with Gasteiger partial charge >= 0.3 is 6.09 Å². The van der Waals surface area contributed by atoms with E-state index in [9.17, 15) is 14.0 Å². The fourth-order valence-electron chi connectivity index (χ4n) is 2.32. The molecule has 0 fully saturated rings. The summed E-state index contributed by atoms with van der Waals surface area (Å²) in [6.45, 7) is 3.49. The maximum absolute atomic E-state index is 14.1. The van der Waals surface area contributed by atoms with Crippen molar-refractivity contribution in [3.05, 3.63) is 42.5 Å². The highest BCUT2D eigenvalue weighted by molar-refractivity contribution is 5.88. The van der Waals surface area contributed by atoms with Crippen molar-refractivity contribution in [1.29, 1.82) is 0 Å². The summed E-state index contributed by atoms with van der Waals surface area (Å²) >= 11 is 0. The Hall–Kier alpha value is -3.49. The molecule has 0 unspecified atom stereocenters. The molecule has 2 amide bonds. The van der Waals surface area contributed by atoms with Crippen LogP contribution in [0.1, 0.15) is 13.8 Å². The Morgan fingerprint density at radius 2 is 2.12 bits per heavy atom. The van der Waals surface area contributed by atoms with Crippen molar-refractivity contribution in [2.45, 2.75) is 20.0 Å². The van der Waals surface area contributed by atoms with Crippen LogP contribution in [0, 0.1) is 5.82 Å². The predicted octanol–water partition coefficient (Wildman–Crippen LogP) is 3.08. The summed E-state index contributed by atoms with van der Waals surface area (Å²) in [5.41, 5.74) is 1.40. The van der Waals surface area contributed by atoms with E-state index in [1.54, 1.807) is 26.1 Å². The Morgan fingerprint density at radius 1 is 1.31 bits per heavy atom. The van der Waals surface area contributed by atoms with Crippen LogP contribution >= 0.6 is 0 Å². The van der Waals surface area contributed by atoms with Gasteiger partial charge in [0.15, 0.2) is 5.65 Å². The number of fused-ring (bicyclic) bond motifs is 1. The molecule has 0 spiro atoms. The Morgan fingerprint density at radius 3 is 2.85 bits per heavy atom. The van der Waals surface area contributed by atoms with Gasteiger partial charge in [0.1, 0.15) is 11.5 Å². The summed E-state index contributed by atoms with van der Waals surface area (Å²) in [7, 11) is 0. The summed E-state index contributed by atoms with van der Waals surface area (Å²) in [4.78, 5) is 26.4. The van der Waals surface area contributed by atoms with E-state index in [1.165, 1.54) is 29.1 Å². The summed E-state index contributed by atoms with van der Waals surface area (Å²) < 4.78 is 20.5. The third-order valence-corrected chi connectivity index (χ3v) is 3.37. The first kappa shape index (κ1) is 17.3. The highest BCUT2D eigenvalue weighted by atomic mass is 19.1. The second kappa shape index (κ2) is 7.18.